The minimum absolute atomic E-state index is 0.174. The molecular weight excluding hydrogens is 364 g/mol. The predicted molar refractivity (Wildman–Crippen MR) is 73.4 cm³/mol. The van der Waals surface area contributed by atoms with Gasteiger partial charge < -0.3 is 11.1 Å². The molecule has 82 valence electrons. The van der Waals surface area contributed by atoms with Gasteiger partial charge in [0.25, 0.3) is 5.91 Å². The maximum Gasteiger partial charge on any atom is 0.261 e. The van der Waals surface area contributed by atoms with Gasteiger partial charge in [0.15, 0.2) is 0 Å². The van der Waals surface area contributed by atoms with Crippen molar-refractivity contribution in [2.45, 2.75) is 13.0 Å². The molecule has 0 radical (unpaired) electrons. The summed E-state index contributed by atoms with van der Waals surface area (Å²) in [6.07, 6.45) is 0. The van der Waals surface area contributed by atoms with Crippen molar-refractivity contribution in [3.05, 3.63) is 19.2 Å². The van der Waals surface area contributed by atoms with E-state index in [1.54, 1.807) is 13.0 Å². The fraction of sp³-hybridized carbons (Fsp3) is 0.250. The van der Waals surface area contributed by atoms with Crippen LogP contribution in [0.5, 0.6) is 0 Å². The highest BCUT2D eigenvalue weighted by Crippen LogP contribution is 2.32. The third-order valence-electron chi connectivity index (χ3n) is 1.64. The zero-order chi connectivity index (χ0) is 11.6. The Kier molecular flexibility index (Phi) is 4.69. The molecular formula is C8H8Br2N2OS2. The lowest BCUT2D eigenvalue weighted by Gasteiger charge is -2.10. The Morgan fingerprint density at radius 2 is 2.27 bits per heavy atom. The van der Waals surface area contributed by atoms with Crippen molar-refractivity contribution in [2.24, 2.45) is 5.73 Å². The van der Waals surface area contributed by atoms with Crippen LogP contribution in [0.1, 0.15) is 16.6 Å². The molecule has 15 heavy (non-hydrogen) atoms. The number of nitrogens with one attached hydrogen (secondary N) is 1. The van der Waals surface area contributed by atoms with Gasteiger partial charge in [-0.2, -0.15) is 0 Å². The first kappa shape index (κ1) is 13.1. The number of thiocarbonyl (C=S) groups is 1. The molecule has 0 saturated heterocycles. The summed E-state index contributed by atoms with van der Waals surface area (Å²) in [5.74, 6) is -0.174. The van der Waals surface area contributed by atoms with E-state index in [1.165, 1.54) is 11.3 Å². The summed E-state index contributed by atoms with van der Waals surface area (Å²) in [6.45, 7) is 1.75. The zero-order valence-corrected chi connectivity index (χ0v) is 12.5. The average molecular weight is 372 g/mol. The summed E-state index contributed by atoms with van der Waals surface area (Å²) in [4.78, 5) is 12.6. The topological polar surface area (TPSA) is 55.1 Å². The minimum Gasteiger partial charge on any atom is -0.392 e. The van der Waals surface area contributed by atoms with Crippen LogP contribution in [0.15, 0.2) is 14.3 Å². The number of rotatable bonds is 3. The van der Waals surface area contributed by atoms with Gasteiger partial charge in [-0.25, -0.2) is 0 Å². The molecule has 0 aliphatic heterocycles. The molecule has 0 spiro atoms. The fourth-order valence-electron chi connectivity index (χ4n) is 0.797. The summed E-state index contributed by atoms with van der Waals surface area (Å²) in [6, 6.07) is 1.45. The summed E-state index contributed by atoms with van der Waals surface area (Å²) in [5.41, 5.74) is 5.40. The van der Waals surface area contributed by atoms with E-state index < -0.39 is 0 Å². The lowest BCUT2D eigenvalue weighted by Crippen LogP contribution is -2.40. The first-order valence-corrected chi connectivity index (χ1v) is 6.78. The molecule has 3 nitrogen and oxygen atoms in total. The van der Waals surface area contributed by atoms with Gasteiger partial charge in [0, 0.05) is 4.47 Å². The first-order valence-electron chi connectivity index (χ1n) is 3.97. The highest BCUT2D eigenvalue weighted by molar-refractivity contribution is 9.13. The number of amides is 1. The molecule has 0 saturated carbocycles. The van der Waals surface area contributed by atoms with Crippen molar-refractivity contribution >= 4 is 66.3 Å². The van der Waals surface area contributed by atoms with E-state index in [0.29, 0.717) is 4.88 Å². The van der Waals surface area contributed by atoms with Gasteiger partial charge in [-0.05, 0) is 44.8 Å². The highest BCUT2D eigenvalue weighted by atomic mass is 79.9. The fourth-order valence-corrected chi connectivity index (χ4v) is 2.80. The third kappa shape index (κ3) is 3.51. The molecule has 7 heteroatoms. The number of thiophene rings is 1. The second-order valence-corrected chi connectivity index (χ2v) is 6.53. The monoisotopic (exact) mass is 370 g/mol. The molecule has 1 aromatic rings. The lowest BCUT2D eigenvalue weighted by molar-refractivity contribution is 0.0953. The van der Waals surface area contributed by atoms with Crippen LogP contribution in [0.25, 0.3) is 0 Å². The Hall–Kier alpha value is 0.0200. The van der Waals surface area contributed by atoms with Gasteiger partial charge >= 0.3 is 0 Å². The second-order valence-electron chi connectivity index (χ2n) is 2.83. The zero-order valence-electron chi connectivity index (χ0n) is 7.71. The van der Waals surface area contributed by atoms with Gasteiger partial charge in [-0.3, -0.25) is 4.79 Å². The Morgan fingerprint density at radius 3 is 2.67 bits per heavy atom. The van der Waals surface area contributed by atoms with Crippen LogP contribution in [0, 0.1) is 0 Å². The first-order chi connectivity index (χ1) is 6.91. The largest absolute Gasteiger partial charge is 0.392 e. The van der Waals surface area contributed by atoms with Crippen molar-refractivity contribution in [2.75, 3.05) is 0 Å². The number of hydrogen-bond donors (Lipinski definition) is 2. The summed E-state index contributed by atoms with van der Waals surface area (Å²) in [7, 11) is 0. The normalized spacial score (nSPS) is 12.2. The maximum absolute atomic E-state index is 11.7. The molecule has 1 aromatic heterocycles. The smallest absolute Gasteiger partial charge is 0.261 e. The van der Waals surface area contributed by atoms with Crippen molar-refractivity contribution in [3.8, 4) is 0 Å². The summed E-state index contributed by atoms with van der Waals surface area (Å²) < 4.78 is 1.75. The van der Waals surface area contributed by atoms with Crippen LogP contribution in [-0.4, -0.2) is 16.9 Å². The molecule has 1 atom stereocenters. The molecule has 3 N–H and O–H groups in total. The Bertz CT molecular complexity index is 386. The van der Waals surface area contributed by atoms with Crippen molar-refractivity contribution in [3.63, 3.8) is 0 Å². The second kappa shape index (κ2) is 5.38. The number of halogens is 2. The van der Waals surface area contributed by atoms with Crippen LogP contribution in [0.2, 0.25) is 0 Å². The quantitative estimate of drug-likeness (QED) is 0.803. The predicted octanol–water partition coefficient (Wildman–Crippen LogP) is 2.68. The van der Waals surface area contributed by atoms with E-state index in [4.69, 9.17) is 18.0 Å². The summed E-state index contributed by atoms with van der Waals surface area (Å²) in [5, 5.41) is 2.70. The Morgan fingerprint density at radius 1 is 1.67 bits per heavy atom. The molecule has 0 fully saturated rings. The Balaban J connectivity index is 2.73. The van der Waals surface area contributed by atoms with Gasteiger partial charge in [0.1, 0.15) is 0 Å². The minimum atomic E-state index is -0.299. The van der Waals surface area contributed by atoms with Crippen molar-refractivity contribution in [1.82, 2.24) is 5.32 Å². The standard InChI is InChI=1S/C8H8Br2N2OS2/c1-3(7(11)14)12-8(13)5-2-4(9)6(10)15-5/h2-3H,1H3,(H2,11,14)(H,12,13). The van der Waals surface area contributed by atoms with E-state index in [-0.39, 0.29) is 16.9 Å². The van der Waals surface area contributed by atoms with Crippen molar-refractivity contribution < 1.29 is 4.79 Å². The molecule has 0 aliphatic rings. The third-order valence-corrected chi connectivity index (χ3v) is 5.25. The van der Waals surface area contributed by atoms with Gasteiger partial charge in [0.2, 0.25) is 0 Å². The van der Waals surface area contributed by atoms with E-state index >= 15 is 0 Å². The molecule has 1 unspecified atom stereocenters. The van der Waals surface area contributed by atoms with E-state index in [9.17, 15) is 4.79 Å². The Labute approximate surface area is 114 Å². The molecule has 1 amide bonds. The summed E-state index contributed by atoms with van der Waals surface area (Å²) >= 11 is 12.7. The van der Waals surface area contributed by atoms with Gasteiger partial charge in [-0.15, -0.1) is 11.3 Å². The lowest BCUT2D eigenvalue weighted by atomic mass is 10.3. The molecule has 0 aliphatic carbocycles. The molecule has 0 bridgehead atoms. The van der Waals surface area contributed by atoms with E-state index in [2.05, 4.69) is 37.2 Å². The van der Waals surface area contributed by atoms with Crippen LogP contribution in [0.3, 0.4) is 0 Å². The number of nitrogens with two attached hydrogens (primary N) is 1. The van der Waals surface area contributed by atoms with Gasteiger partial charge in [-0.1, -0.05) is 12.2 Å². The van der Waals surface area contributed by atoms with Crippen LogP contribution >= 0.6 is 55.4 Å². The molecule has 1 heterocycles. The van der Waals surface area contributed by atoms with Crippen LogP contribution in [-0.2, 0) is 0 Å². The maximum atomic E-state index is 11.7. The average Bonchev–Trinajstić information content (AvgIpc) is 2.46. The molecule has 0 aromatic carbocycles. The van der Waals surface area contributed by atoms with E-state index in [0.717, 1.165) is 8.26 Å². The van der Waals surface area contributed by atoms with Crippen LogP contribution < -0.4 is 11.1 Å². The number of carbonyl (C=O) groups is 1. The number of hydrogen-bond acceptors (Lipinski definition) is 3. The number of carbonyl (C=O) groups excluding carboxylic acids is 1. The highest BCUT2D eigenvalue weighted by Gasteiger charge is 2.15. The molecule has 1 rings (SSSR count). The van der Waals surface area contributed by atoms with E-state index in [1.807, 2.05) is 0 Å². The van der Waals surface area contributed by atoms with Crippen molar-refractivity contribution in [1.29, 1.82) is 0 Å². The SMILES string of the molecule is CC(NC(=O)c1cc(Br)c(Br)s1)C(N)=S. The van der Waals surface area contributed by atoms with Gasteiger partial charge in [0.05, 0.1) is 19.7 Å². The van der Waals surface area contributed by atoms with Crippen LogP contribution in [0.4, 0.5) is 0 Å².